The minimum atomic E-state index is -0.258. The number of nitrogens with zero attached hydrogens (tertiary/aromatic N) is 3. The molecular formula is C27H35N7O4. The first-order valence-corrected chi connectivity index (χ1v) is 12.6. The fraction of sp³-hybridized carbons (Fsp3) is 0.370. The number of rotatable bonds is 11. The Morgan fingerprint density at radius 1 is 1.24 bits per heavy atom. The van der Waals surface area contributed by atoms with Crippen molar-refractivity contribution < 1.29 is 19.0 Å². The number of hydrogen-bond acceptors (Lipinski definition) is 10. The zero-order valence-corrected chi connectivity index (χ0v) is 21.9. The average Bonchev–Trinajstić information content (AvgIpc) is 3.38. The van der Waals surface area contributed by atoms with Gasteiger partial charge in [-0.3, -0.25) is 4.79 Å². The first-order chi connectivity index (χ1) is 18.3. The Bertz CT molecular complexity index is 1270. The van der Waals surface area contributed by atoms with E-state index in [-0.39, 0.29) is 24.5 Å². The normalized spacial score (nSPS) is 15.5. The van der Waals surface area contributed by atoms with Gasteiger partial charge in [-0.25, -0.2) is 15.8 Å². The number of carbonyl (C=O) groups excluding carboxylic acids is 1. The molecule has 0 bridgehead atoms. The molecule has 1 amide bonds. The molecule has 0 spiro atoms. The molecule has 4 rings (SSSR count). The van der Waals surface area contributed by atoms with E-state index in [0.717, 1.165) is 17.5 Å². The number of allylic oxidation sites excluding steroid dienone is 1. The van der Waals surface area contributed by atoms with Gasteiger partial charge < -0.3 is 35.6 Å². The van der Waals surface area contributed by atoms with Crippen LogP contribution in [0.25, 0.3) is 10.9 Å². The number of benzene rings is 2. The number of fused-ring (bicyclic) bond motifs is 1. The predicted molar refractivity (Wildman–Crippen MR) is 147 cm³/mol. The molecule has 1 fully saturated rings. The molecule has 0 radical (unpaired) electrons. The number of carbonyl (C=O) groups is 1. The molecule has 0 saturated carbocycles. The topological polar surface area (TPSA) is 150 Å². The molecule has 6 N–H and O–H groups in total. The summed E-state index contributed by atoms with van der Waals surface area (Å²) in [6.07, 6.45) is 3.93. The predicted octanol–water partition coefficient (Wildman–Crippen LogP) is 3.51. The molecule has 3 aromatic rings. The van der Waals surface area contributed by atoms with Crippen LogP contribution < -0.4 is 31.7 Å². The quantitative estimate of drug-likeness (QED) is 0.218. The molecule has 1 saturated heterocycles. The van der Waals surface area contributed by atoms with Crippen molar-refractivity contribution in [1.29, 1.82) is 0 Å². The third kappa shape index (κ3) is 7.02. The van der Waals surface area contributed by atoms with Gasteiger partial charge in [0.25, 0.3) is 0 Å². The van der Waals surface area contributed by atoms with Crippen LogP contribution in [0.4, 0.5) is 17.2 Å². The van der Waals surface area contributed by atoms with Gasteiger partial charge in [0.05, 0.1) is 30.7 Å². The summed E-state index contributed by atoms with van der Waals surface area (Å²) in [4.78, 5) is 21.3. The Balaban J connectivity index is 1.46. The van der Waals surface area contributed by atoms with Gasteiger partial charge in [-0.05, 0) is 37.1 Å². The lowest BCUT2D eigenvalue weighted by molar-refractivity contribution is -0.116. The molecule has 11 nitrogen and oxygen atoms in total. The maximum absolute atomic E-state index is 12.4. The van der Waals surface area contributed by atoms with E-state index in [4.69, 9.17) is 25.8 Å². The summed E-state index contributed by atoms with van der Waals surface area (Å²) < 4.78 is 17.4. The Labute approximate surface area is 222 Å². The number of nitrogens with two attached hydrogens (primary N) is 2. The van der Waals surface area contributed by atoms with Crippen LogP contribution in [0.15, 0.2) is 54.6 Å². The van der Waals surface area contributed by atoms with Gasteiger partial charge in [0.15, 0.2) is 0 Å². The smallest absolute Gasteiger partial charge is 0.245 e. The lowest BCUT2D eigenvalue weighted by atomic mass is 10.1. The highest BCUT2D eigenvalue weighted by molar-refractivity contribution is 5.97. The Kier molecular flexibility index (Phi) is 8.82. The second-order valence-corrected chi connectivity index (χ2v) is 9.28. The molecule has 202 valence electrons. The van der Waals surface area contributed by atoms with Crippen molar-refractivity contribution in [2.45, 2.75) is 33.3 Å². The fourth-order valence-electron chi connectivity index (χ4n) is 3.89. The third-order valence-electron chi connectivity index (χ3n) is 5.90. The van der Waals surface area contributed by atoms with Gasteiger partial charge in [0.2, 0.25) is 5.91 Å². The summed E-state index contributed by atoms with van der Waals surface area (Å²) in [5.74, 6) is 7.67. The molecule has 1 aromatic heterocycles. The number of anilines is 3. The second kappa shape index (κ2) is 12.4. The summed E-state index contributed by atoms with van der Waals surface area (Å²) in [7, 11) is 0. The first-order valence-electron chi connectivity index (χ1n) is 12.6. The molecule has 0 aliphatic carbocycles. The standard InChI is InChI=1S/C27H35N7O4/c1-4-37-24-12-21(38-20-9-10-36-15-20)11-23-26(24)27(31-16-30-23)33-19-7-5-18(6-8-19)32-25(35)14-34(29)13-22(28)17(2)3/h5-8,11-13,16-17,20H,4,9-10,14-15,28-29H2,1-3H3,(H,32,35)(H,30,31,33)/b22-13-/t20-/m1/s1. The zero-order valence-electron chi connectivity index (χ0n) is 21.9. The van der Waals surface area contributed by atoms with Crippen LogP contribution in [0.2, 0.25) is 0 Å². The van der Waals surface area contributed by atoms with Crippen LogP contribution in [0.1, 0.15) is 27.2 Å². The van der Waals surface area contributed by atoms with Crippen LogP contribution >= 0.6 is 0 Å². The van der Waals surface area contributed by atoms with E-state index in [1.54, 1.807) is 18.3 Å². The number of hydrogen-bond donors (Lipinski definition) is 4. The maximum Gasteiger partial charge on any atom is 0.245 e. The van der Waals surface area contributed by atoms with E-state index in [9.17, 15) is 4.79 Å². The van der Waals surface area contributed by atoms with Crippen LogP contribution in [0.5, 0.6) is 11.5 Å². The number of ether oxygens (including phenoxy) is 3. The van der Waals surface area contributed by atoms with Crippen LogP contribution in [-0.4, -0.2) is 53.4 Å². The maximum atomic E-state index is 12.4. The van der Waals surface area contributed by atoms with Crippen LogP contribution in [0, 0.1) is 5.92 Å². The molecular weight excluding hydrogens is 486 g/mol. The van der Waals surface area contributed by atoms with Gasteiger partial charge in [0.1, 0.15) is 36.3 Å². The second-order valence-electron chi connectivity index (χ2n) is 9.28. The molecule has 0 unspecified atom stereocenters. The van der Waals surface area contributed by atoms with Gasteiger partial charge in [-0.1, -0.05) is 13.8 Å². The number of hydrazine groups is 1. The molecule has 1 atom stereocenters. The highest BCUT2D eigenvalue weighted by atomic mass is 16.5. The summed E-state index contributed by atoms with van der Waals surface area (Å²) in [6, 6.07) is 11.0. The van der Waals surface area contributed by atoms with Crippen molar-refractivity contribution in [3.63, 3.8) is 0 Å². The number of aromatic nitrogens is 2. The highest BCUT2D eigenvalue weighted by Gasteiger charge is 2.19. The van der Waals surface area contributed by atoms with Crippen molar-refractivity contribution >= 4 is 34.0 Å². The molecule has 2 aromatic carbocycles. The van der Waals surface area contributed by atoms with Gasteiger partial charge in [0, 0.05) is 41.8 Å². The van der Waals surface area contributed by atoms with Gasteiger partial charge >= 0.3 is 0 Å². The average molecular weight is 522 g/mol. The summed E-state index contributed by atoms with van der Waals surface area (Å²) >= 11 is 0. The van der Waals surface area contributed by atoms with Crippen LogP contribution in [-0.2, 0) is 9.53 Å². The molecule has 1 aliphatic heterocycles. The fourth-order valence-corrected chi connectivity index (χ4v) is 3.89. The van der Waals surface area contributed by atoms with E-state index >= 15 is 0 Å². The Morgan fingerprint density at radius 3 is 2.68 bits per heavy atom. The molecule has 1 aliphatic rings. The monoisotopic (exact) mass is 521 g/mol. The van der Waals surface area contributed by atoms with Crippen molar-refractivity contribution in [3.8, 4) is 11.5 Å². The Hall–Kier alpha value is -4.09. The molecule has 11 heteroatoms. The van der Waals surface area contributed by atoms with Crippen molar-refractivity contribution in [3.05, 3.63) is 54.6 Å². The zero-order chi connectivity index (χ0) is 27.1. The SMILES string of the molecule is CCOc1cc(O[C@@H]2CCOC2)cc2ncnc(Nc3ccc(NC(=O)CN(N)/C=C(\N)C(C)C)cc3)c12. The Morgan fingerprint density at radius 2 is 2.00 bits per heavy atom. The highest BCUT2D eigenvalue weighted by Crippen LogP contribution is 2.36. The lowest BCUT2D eigenvalue weighted by Crippen LogP contribution is -2.35. The summed E-state index contributed by atoms with van der Waals surface area (Å²) in [5.41, 5.74) is 8.62. The van der Waals surface area contributed by atoms with Crippen molar-refractivity contribution in [2.24, 2.45) is 17.5 Å². The molecule has 2 heterocycles. The third-order valence-corrected chi connectivity index (χ3v) is 5.90. The van der Waals surface area contributed by atoms with Crippen molar-refractivity contribution in [2.75, 3.05) is 37.0 Å². The number of amides is 1. The van der Waals surface area contributed by atoms with Gasteiger partial charge in [-0.15, -0.1) is 0 Å². The van der Waals surface area contributed by atoms with E-state index < -0.39 is 0 Å². The van der Waals surface area contributed by atoms with Crippen molar-refractivity contribution in [1.82, 2.24) is 15.0 Å². The van der Waals surface area contributed by atoms with E-state index in [2.05, 4.69) is 20.6 Å². The minimum Gasteiger partial charge on any atom is -0.493 e. The lowest BCUT2D eigenvalue weighted by Gasteiger charge is -2.17. The summed E-state index contributed by atoms with van der Waals surface area (Å²) in [6.45, 7) is 7.56. The largest absolute Gasteiger partial charge is 0.493 e. The van der Waals surface area contributed by atoms with Gasteiger partial charge in [-0.2, -0.15) is 0 Å². The number of nitrogens with one attached hydrogen (secondary N) is 2. The van der Waals surface area contributed by atoms with E-state index in [1.165, 1.54) is 11.3 Å². The van der Waals surface area contributed by atoms with Crippen LogP contribution in [0.3, 0.4) is 0 Å². The summed E-state index contributed by atoms with van der Waals surface area (Å²) in [5, 5.41) is 8.18. The van der Waals surface area contributed by atoms with E-state index in [0.29, 0.717) is 54.0 Å². The van der Waals surface area contributed by atoms with E-state index in [1.807, 2.05) is 45.0 Å². The minimum absolute atomic E-state index is 0.0166. The molecule has 38 heavy (non-hydrogen) atoms. The first kappa shape index (κ1) is 27.0.